The van der Waals surface area contributed by atoms with Crippen LogP contribution in [0.4, 0.5) is 0 Å². The maximum absolute atomic E-state index is 12.6. The van der Waals surface area contributed by atoms with Crippen LogP contribution in [0, 0.1) is 12.8 Å². The number of ether oxygens (including phenoxy) is 1. The number of carbonyl (C=O) groups is 1. The van der Waals surface area contributed by atoms with E-state index in [0.717, 1.165) is 30.9 Å². The van der Waals surface area contributed by atoms with E-state index in [1.807, 2.05) is 13.1 Å². The molecule has 1 aliphatic heterocycles. The predicted molar refractivity (Wildman–Crippen MR) is 88.4 cm³/mol. The Hall–Kier alpha value is -2.28. The summed E-state index contributed by atoms with van der Waals surface area (Å²) in [6.07, 6.45) is 7.12. The van der Waals surface area contributed by atoms with E-state index in [-0.39, 0.29) is 17.8 Å². The van der Waals surface area contributed by atoms with E-state index in [0.29, 0.717) is 19.1 Å². The second-order valence-corrected chi connectivity index (χ2v) is 5.99. The molecule has 1 saturated heterocycles. The number of nitrogens with one attached hydrogen (secondary N) is 1. The highest BCUT2D eigenvalue weighted by Gasteiger charge is 2.30. The van der Waals surface area contributed by atoms with E-state index in [1.165, 1.54) is 0 Å². The highest BCUT2D eigenvalue weighted by Crippen LogP contribution is 2.29. The molecule has 128 valence electrons. The van der Waals surface area contributed by atoms with Gasteiger partial charge in [0.2, 0.25) is 5.82 Å². The van der Waals surface area contributed by atoms with Gasteiger partial charge in [-0.05, 0) is 38.7 Å². The van der Waals surface area contributed by atoms with Gasteiger partial charge in [0.25, 0.3) is 5.91 Å². The molecule has 1 unspecified atom stereocenters. The summed E-state index contributed by atoms with van der Waals surface area (Å²) in [5, 5.41) is 3.10. The number of aromatic nitrogens is 4. The summed E-state index contributed by atoms with van der Waals surface area (Å²) < 4.78 is 7.53. The third-order valence-electron chi connectivity index (χ3n) is 4.39. The molecule has 1 fully saturated rings. The molecule has 0 aromatic carbocycles. The average molecular weight is 329 g/mol. The summed E-state index contributed by atoms with van der Waals surface area (Å²) in [5.74, 6) is 1.10. The largest absolute Gasteiger partial charge is 0.381 e. The first-order valence-corrected chi connectivity index (χ1v) is 8.38. The molecule has 2 aromatic heterocycles. The standard InChI is InChI=1S/C17H23N5O2/c1-3-22-9-8-19-16(22)14(13-5-10-24-11-6-13)21-17(23)15-18-7-4-12(2)20-15/h4,7-9,13-14H,3,5-6,10-11H2,1-2H3,(H,21,23). The first-order chi connectivity index (χ1) is 11.7. The Morgan fingerprint density at radius 1 is 1.38 bits per heavy atom. The van der Waals surface area contributed by atoms with Crippen LogP contribution < -0.4 is 5.32 Å². The van der Waals surface area contributed by atoms with Crippen molar-refractivity contribution in [2.24, 2.45) is 5.92 Å². The van der Waals surface area contributed by atoms with Crippen LogP contribution >= 0.6 is 0 Å². The highest BCUT2D eigenvalue weighted by molar-refractivity contribution is 5.90. The van der Waals surface area contributed by atoms with Gasteiger partial charge >= 0.3 is 0 Å². The molecule has 1 N–H and O–H groups in total. The summed E-state index contributed by atoms with van der Waals surface area (Å²) in [4.78, 5) is 25.4. The van der Waals surface area contributed by atoms with E-state index >= 15 is 0 Å². The minimum atomic E-state index is -0.263. The third-order valence-corrected chi connectivity index (χ3v) is 4.39. The molecule has 24 heavy (non-hydrogen) atoms. The van der Waals surface area contributed by atoms with Gasteiger partial charge in [-0.3, -0.25) is 4.79 Å². The van der Waals surface area contributed by atoms with Crippen LogP contribution in [0.15, 0.2) is 24.7 Å². The Morgan fingerprint density at radius 3 is 2.88 bits per heavy atom. The number of hydrogen-bond acceptors (Lipinski definition) is 5. The van der Waals surface area contributed by atoms with E-state index in [1.54, 1.807) is 18.5 Å². The van der Waals surface area contributed by atoms with Gasteiger partial charge in [0, 0.05) is 44.0 Å². The number of nitrogens with zero attached hydrogens (tertiary/aromatic N) is 4. The molecule has 0 saturated carbocycles. The lowest BCUT2D eigenvalue weighted by molar-refractivity contribution is 0.0496. The topological polar surface area (TPSA) is 81.9 Å². The minimum Gasteiger partial charge on any atom is -0.381 e. The Balaban J connectivity index is 1.85. The molecule has 1 atom stereocenters. The van der Waals surface area contributed by atoms with E-state index < -0.39 is 0 Å². The first-order valence-electron chi connectivity index (χ1n) is 8.38. The number of amides is 1. The van der Waals surface area contributed by atoms with Crippen LogP contribution in [0.2, 0.25) is 0 Å². The van der Waals surface area contributed by atoms with Crippen LogP contribution in [-0.2, 0) is 11.3 Å². The molecule has 3 rings (SSSR count). The van der Waals surface area contributed by atoms with Crippen LogP contribution in [0.5, 0.6) is 0 Å². The Labute approximate surface area is 141 Å². The molecule has 0 radical (unpaired) electrons. The zero-order chi connectivity index (χ0) is 16.9. The lowest BCUT2D eigenvalue weighted by atomic mass is 9.91. The van der Waals surface area contributed by atoms with Crippen molar-refractivity contribution in [2.75, 3.05) is 13.2 Å². The number of aryl methyl sites for hydroxylation is 2. The zero-order valence-corrected chi connectivity index (χ0v) is 14.1. The molecule has 0 bridgehead atoms. The van der Waals surface area contributed by atoms with E-state index in [9.17, 15) is 4.79 Å². The van der Waals surface area contributed by atoms with Gasteiger partial charge in [0.15, 0.2) is 0 Å². The third kappa shape index (κ3) is 3.62. The fourth-order valence-corrected chi connectivity index (χ4v) is 3.07. The van der Waals surface area contributed by atoms with Gasteiger partial charge in [-0.1, -0.05) is 0 Å². The molecule has 3 heterocycles. The Bertz CT molecular complexity index is 694. The smallest absolute Gasteiger partial charge is 0.289 e. The predicted octanol–water partition coefficient (Wildman–Crippen LogP) is 1.90. The molecular formula is C17H23N5O2. The van der Waals surface area contributed by atoms with Crippen molar-refractivity contribution in [3.63, 3.8) is 0 Å². The first kappa shape index (κ1) is 16.6. The van der Waals surface area contributed by atoms with Gasteiger partial charge in [-0.15, -0.1) is 0 Å². The number of carbonyl (C=O) groups excluding carboxylic acids is 1. The molecule has 0 aliphatic carbocycles. The van der Waals surface area contributed by atoms with Gasteiger partial charge in [-0.2, -0.15) is 0 Å². The van der Waals surface area contributed by atoms with Gasteiger partial charge in [-0.25, -0.2) is 15.0 Å². The lowest BCUT2D eigenvalue weighted by Gasteiger charge is -2.30. The quantitative estimate of drug-likeness (QED) is 0.906. The summed E-state index contributed by atoms with van der Waals surface area (Å²) in [6, 6.07) is 1.61. The number of hydrogen-bond donors (Lipinski definition) is 1. The molecule has 1 amide bonds. The second-order valence-electron chi connectivity index (χ2n) is 5.99. The molecular weight excluding hydrogens is 306 g/mol. The minimum absolute atomic E-state index is 0.166. The summed E-state index contributed by atoms with van der Waals surface area (Å²) in [7, 11) is 0. The van der Waals surface area contributed by atoms with Crippen LogP contribution in [-0.4, -0.2) is 38.6 Å². The zero-order valence-electron chi connectivity index (χ0n) is 14.1. The highest BCUT2D eigenvalue weighted by atomic mass is 16.5. The van der Waals surface area contributed by atoms with Crippen LogP contribution in [0.1, 0.15) is 47.9 Å². The Kier molecular flexibility index (Phi) is 5.20. The van der Waals surface area contributed by atoms with Crippen molar-refractivity contribution in [1.29, 1.82) is 0 Å². The van der Waals surface area contributed by atoms with Crippen LogP contribution in [0.25, 0.3) is 0 Å². The molecule has 7 nitrogen and oxygen atoms in total. The van der Waals surface area contributed by atoms with Gasteiger partial charge in [0.1, 0.15) is 5.82 Å². The van der Waals surface area contributed by atoms with Crippen molar-refractivity contribution >= 4 is 5.91 Å². The fourth-order valence-electron chi connectivity index (χ4n) is 3.07. The van der Waals surface area contributed by atoms with Crippen molar-refractivity contribution in [2.45, 2.75) is 39.3 Å². The van der Waals surface area contributed by atoms with E-state index in [4.69, 9.17) is 4.74 Å². The summed E-state index contributed by atoms with van der Waals surface area (Å²) in [6.45, 7) is 6.15. The Morgan fingerprint density at radius 2 is 2.17 bits per heavy atom. The van der Waals surface area contributed by atoms with Gasteiger partial charge in [0.05, 0.1) is 6.04 Å². The number of imidazole rings is 1. The summed E-state index contributed by atoms with van der Waals surface area (Å²) in [5.41, 5.74) is 0.771. The molecule has 1 aliphatic rings. The maximum atomic E-state index is 12.6. The van der Waals surface area contributed by atoms with Crippen LogP contribution in [0.3, 0.4) is 0 Å². The monoisotopic (exact) mass is 329 g/mol. The van der Waals surface area contributed by atoms with Crippen molar-refractivity contribution in [1.82, 2.24) is 24.8 Å². The maximum Gasteiger partial charge on any atom is 0.289 e. The number of rotatable bonds is 5. The lowest BCUT2D eigenvalue weighted by Crippen LogP contribution is -2.38. The SMILES string of the molecule is CCn1ccnc1C(NC(=O)c1nccc(C)n1)C1CCOCC1. The average Bonchev–Trinajstić information content (AvgIpc) is 3.08. The fraction of sp³-hybridized carbons (Fsp3) is 0.529. The normalized spacial score (nSPS) is 16.8. The van der Waals surface area contributed by atoms with Crippen molar-refractivity contribution < 1.29 is 9.53 Å². The summed E-state index contributed by atoms with van der Waals surface area (Å²) >= 11 is 0. The van der Waals surface area contributed by atoms with Crippen molar-refractivity contribution in [3.8, 4) is 0 Å². The molecule has 7 heteroatoms. The molecule has 0 spiro atoms. The molecule has 2 aromatic rings. The second kappa shape index (κ2) is 7.53. The van der Waals surface area contributed by atoms with Gasteiger partial charge < -0.3 is 14.6 Å². The van der Waals surface area contributed by atoms with Crippen molar-refractivity contribution in [3.05, 3.63) is 42.0 Å². The van der Waals surface area contributed by atoms with E-state index in [2.05, 4.69) is 31.8 Å².